The van der Waals surface area contributed by atoms with E-state index in [0.717, 1.165) is 49.8 Å². The van der Waals surface area contributed by atoms with Crippen LogP contribution in [0.5, 0.6) is 0 Å². The molecule has 0 spiro atoms. The van der Waals surface area contributed by atoms with Crippen molar-refractivity contribution in [3.8, 4) is 0 Å². The molecule has 4 aromatic rings. The molecule has 1 fully saturated rings. The highest BCUT2D eigenvalue weighted by atomic mass is 35.5. The number of hydrogen-bond donors (Lipinski definition) is 2. The van der Waals surface area contributed by atoms with Crippen LogP contribution in [0.3, 0.4) is 0 Å². The Kier molecular flexibility index (Phi) is 9.45. The van der Waals surface area contributed by atoms with Crippen molar-refractivity contribution >= 4 is 60.7 Å². The number of hydrogen-bond acceptors (Lipinski definition) is 7. The number of piperazine rings is 1. The van der Waals surface area contributed by atoms with Gasteiger partial charge in [0.1, 0.15) is 0 Å². The van der Waals surface area contributed by atoms with Gasteiger partial charge >= 0.3 is 0 Å². The fourth-order valence-electron chi connectivity index (χ4n) is 4.47. The Morgan fingerprint density at radius 1 is 0.974 bits per heavy atom. The molecule has 0 radical (unpaired) electrons. The largest absolute Gasteiger partial charge is 0.351 e. The average molecular weight is 586 g/mol. The molecule has 0 atom stereocenters. The summed E-state index contributed by atoms with van der Waals surface area (Å²) in [6.45, 7) is 6.91. The zero-order valence-electron chi connectivity index (χ0n) is 21.7. The van der Waals surface area contributed by atoms with E-state index in [0.29, 0.717) is 12.1 Å². The van der Waals surface area contributed by atoms with Gasteiger partial charge in [0.25, 0.3) is 15.9 Å². The van der Waals surface area contributed by atoms with Gasteiger partial charge in [0.15, 0.2) is 5.13 Å². The number of anilines is 2. The molecule has 0 bridgehead atoms. The molecule has 1 saturated heterocycles. The van der Waals surface area contributed by atoms with E-state index in [4.69, 9.17) is 4.98 Å². The molecule has 1 amide bonds. The van der Waals surface area contributed by atoms with Crippen molar-refractivity contribution < 1.29 is 13.2 Å². The van der Waals surface area contributed by atoms with Crippen LogP contribution in [0.25, 0.3) is 10.2 Å². The molecule has 5 rings (SSSR count). The van der Waals surface area contributed by atoms with Crippen LogP contribution in [-0.4, -0.2) is 63.5 Å². The predicted octanol–water partition coefficient (Wildman–Crippen LogP) is 4.63. The number of thiazole rings is 1. The van der Waals surface area contributed by atoms with E-state index in [-0.39, 0.29) is 28.9 Å². The van der Waals surface area contributed by atoms with Crippen molar-refractivity contribution in [2.75, 3.05) is 48.9 Å². The van der Waals surface area contributed by atoms with Crippen LogP contribution in [0.1, 0.15) is 22.8 Å². The number of fused-ring (bicyclic) bond motifs is 1. The lowest BCUT2D eigenvalue weighted by Gasteiger charge is -2.34. The minimum Gasteiger partial charge on any atom is -0.351 e. The normalized spacial score (nSPS) is 14.1. The number of benzene rings is 3. The van der Waals surface area contributed by atoms with E-state index < -0.39 is 10.0 Å². The molecule has 0 saturated carbocycles. The summed E-state index contributed by atoms with van der Waals surface area (Å²) in [4.78, 5) is 22.5. The summed E-state index contributed by atoms with van der Waals surface area (Å²) in [6, 6.07) is 21.2. The lowest BCUT2D eigenvalue weighted by Crippen LogP contribution is -2.48. The summed E-state index contributed by atoms with van der Waals surface area (Å²) in [5, 5.41) is 4.01. The van der Waals surface area contributed by atoms with Crippen LogP contribution in [-0.2, 0) is 16.4 Å². The maximum Gasteiger partial charge on any atom is 0.261 e. The lowest BCUT2D eigenvalue weighted by molar-refractivity contribution is 0.0948. The summed E-state index contributed by atoms with van der Waals surface area (Å²) in [7, 11) is -3.79. The zero-order valence-corrected chi connectivity index (χ0v) is 24.1. The van der Waals surface area contributed by atoms with Gasteiger partial charge in [-0.25, -0.2) is 13.4 Å². The predicted molar refractivity (Wildman–Crippen MR) is 161 cm³/mol. The van der Waals surface area contributed by atoms with Crippen molar-refractivity contribution in [2.24, 2.45) is 0 Å². The Labute approximate surface area is 239 Å². The summed E-state index contributed by atoms with van der Waals surface area (Å²) in [5.41, 5.74) is 2.93. The third-order valence-electron chi connectivity index (χ3n) is 6.68. The topological polar surface area (TPSA) is 94.6 Å². The van der Waals surface area contributed by atoms with Gasteiger partial charge in [0.2, 0.25) is 0 Å². The van der Waals surface area contributed by atoms with Crippen molar-refractivity contribution in [1.29, 1.82) is 0 Å². The van der Waals surface area contributed by atoms with Crippen molar-refractivity contribution in [3.05, 3.63) is 83.9 Å². The summed E-state index contributed by atoms with van der Waals surface area (Å²) in [6.07, 6.45) is 1.02. The van der Waals surface area contributed by atoms with Crippen molar-refractivity contribution in [2.45, 2.75) is 18.2 Å². The number of para-hydroxylation sites is 1. The second-order valence-corrected chi connectivity index (χ2v) is 11.9. The van der Waals surface area contributed by atoms with E-state index in [1.807, 2.05) is 0 Å². The first-order chi connectivity index (χ1) is 18.4. The maximum atomic E-state index is 12.9. The van der Waals surface area contributed by atoms with E-state index in [9.17, 15) is 13.2 Å². The number of amides is 1. The molecule has 0 aliphatic carbocycles. The summed E-state index contributed by atoms with van der Waals surface area (Å²) >= 11 is 1.75. The number of carbonyl (C=O) groups is 1. The molecule has 1 aliphatic rings. The molecule has 1 aromatic heterocycles. The van der Waals surface area contributed by atoms with Crippen LogP contribution in [0.15, 0.2) is 77.7 Å². The van der Waals surface area contributed by atoms with Crippen LogP contribution in [0.4, 0.5) is 10.8 Å². The summed E-state index contributed by atoms with van der Waals surface area (Å²) in [5.74, 6) is -0.309. The Balaban J connectivity index is 0.00000353. The Bertz CT molecular complexity index is 1520. The van der Waals surface area contributed by atoms with Gasteiger partial charge in [-0.2, -0.15) is 0 Å². The molecule has 206 valence electrons. The highest BCUT2D eigenvalue weighted by Crippen LogP contribution is 2.30. The molecule has 2 heterocycles. The van der Waals surface area contributed by atoms with Crippen LogP contribution in [0, 0.1) is 0 Å². The molecule has 11 heteroatoms. The SMILES string of the molecule is CCc1ccc2nc(N3CCN(CCNC(=O)c4ccccc4NS(=O)(=O)c4ccccc4)CC3)sc2c1.Cl. The lowest BCUT2D eigenvalue weighted by atomic mass is 10.1. The van der Waals surface area contributed by atoms with E-state index in [1.165, 1.54) is 22.4 Å². The number of aromatic nitrogens is 1. The molecule has 8 nitrogen and oxygen atoms in total. The first-order valence-electron chi connectivity index (χ1n) is 12.7. The van der Waals surface area contributed by atoms with E-state index in [2.05, 4.69) is 45.0 Å². The fourth-order valence-corrected chi connectivity index (χ4v) is 6.65. The quantitative estimate of drug-likeness (QED) is 0.297. The number of nitrogens with one attached hydrogen (secondary N) is 2. The summed E-state index contributed by atoms with van der Waals surface area (Å²) < 4.78 is 29.3. The standard InChI is InChI=1S/C28H31N5O3S2.ClH/c1-2-21-12-13-25-26(20-21)37-28(30-25)33-18-16-32(17-19-33)15-14-29-27(34)23-10-6-7-11-24(23)31-38(35,36)22-8-4-3-5-9-22;/h3-13,20,31H,2,14-19H2,1H3,(H,29,34);1H. The highest BCUT2D eigenvalue weighted by molar-refractivity contribution is 7.92. The molecule has 1 aliphatic heterocycles. The monoisotopic (exact) mass is 585 g/mol. The van der Waals surface area contributed by atoms with Gasteiger partial charge < -0.3 is 10.2 Å². The molecule has 39 heavy (non-hydrogen) atoms. The number of nitrogens with zero attached hydrogens (tertiary/aromatic N) is 3. The number of halogens is 1. The second kappa shape index (κ2) is 12.8. The minimum absolute atomic E-state index is 0. The van der Waals surface area contributed by atoms with Gasteiger partial charge in [-0.15, -0.1) is 12.4 Å². The number of aryl methyl sites for hydroxylation is 1. The van der Waals surface area contributed by atoms with E-state index in [1.54, 1.807) is 53.8 Å². The Hall–Kier alpha value is -3.18. The van der Waals surface area contributed by atoms with Crippen LogP contribution < -0.4 is 14.9 Å². The molecule has 0 unspecified atom stereocenters. The van der Waals surface area contributed by atoms with E-state index >= 15 is 0 Å². The Morgan fingerprint density at radius 2 is 1.69 bits per heavy atom. The second-order valence-electron chi connectivity index (χ2n) is 9.20. The van der Waals surface area contributed by atoms with Crippen LogP contribution in [0.2, 0.25) is 0 Å². The van der Waals surface area contributed by atoms with Gasteiger partial charge in [0, 0.05) is 39.3 Å². The number of rotatable bonds is 9. The van der Waals surface area contributed by atoms with Crippen molar-refractivity contribution in [3.63, 3.8) is 0 Å². The van der Waals surface area contributed by atoms with Crippen LogP contribution >= 0.6 is 23.7 Å². The number of carbonyl (C=O) groups excluding carboxylic acids is 1. The minimum atomic E-state index is -3.79. The third kappa shape index (κ3) is 6.88. The Morgan fingerprint density at radius 3 is 2.44 bits per heavy atom. The molecule has 2 N–H and O–H groups in total. The average Bonchev–Trinajstić information content (AvgIpc) is 3.37. The van der Waals surface area contributed by atoms with Gasteiger partial charge in [-0.1, -0.05) is 54.7 Å². The molecular formula is C28H32ClN5O3S2. The first-order valence-corrected chi connectivity index (χ1v) is 15.0. The maximum absolute atomic E-state index is 12.9. The van der Waals surface area contributed by atoms with Gasteiger partial charge in [-0.3, -0.25) is 14.4 Å². The fraction of sp³-hybridized carbons (Fsp3) is 0.286. The van der Waals surface area contributed by atoms with Crippen molar-refractivity contribution in [1.82, 2.24) is 15.2 Å². The third-order valence-corrected chi connectivity index (χ3v) is 9.14. The first kappa shape index (κ1) is 28.8. The van der Waals surface area contributed by atoms with Gasteiger partial charge in [0.05, 0.1) is 26.4 Å². The molecule has 3 aromatic carbocycles. The molecular weight excluding hydrogens is 554 g/mol. The highest BCUT2D eigenvalue weighted by Gasteiger charge is 2.21. The number of sulfonamides is 1. The van der Waals surface area contributed by atoms with Gasteiger partial charge in [-0.05, 0) is 48.4 Å². The zero-order chi connectivity index (χ0) is 26.5. The smallest absolute Gasteiger partial charge is 0.261 e.